The van der Waals surface area contributed by atoms with Crippen LogP contribution < -0.4 is 0 Å². The van der Waals surface area contributed by atoms with E-state index in [0.29, 0.717) is 18.5 Å². The van der Waals surface area contributed by atoms with Crippen LogP contribution in [-0.2, 0) is 4.79 Å². The van der Waals surface area contributed by atoms with Crippen molar-refractivity contribution in [2.75, 3.05) is 19.6 Å². The Kier molecular flexibility index (Phi) is 4.60. The van der Waals surface area contributed by atoms with E-state index in [1.165, 1.54) is 38.5 Å². The number of carbonyl (C=O) groups excluding carboxylic acids is 1. The van der Waals surface area contributed by atoms with Crippen LogP contribution in [0.2, 0.25) is 0 Å². The minimum absolute atomic E-state index is 0.193. The van der Waals surface area contributed by atoms with Crippen molar-refractivity contribution in [2.24, 2.45) is 5.92 Å². The average molecular weight is 367 g/mol. The molecule has 6 nitrogen and oxygen atoms in total. The van der Waals surface area contributed by atoms with Gasteiger partial charge in [0.2, 0.25) is 5.91 Å². The number of nitrogens with zero attached hydrogens (tertiary/aromatic N) is 5. The van der Waals surface area contributed by atoms with Crippen molar-refractivity contribution >= 4 is 11.6 Å². The number of aromatic nitrogens is 3. The maximum atomic E-state index is 13.2. The topological polar surface area (TPSA) is 53.7 Å². The van der Waals surface area contributed by atoms with Crippen LogP contribution in [0.5, 0.6) is 0 Å². The van der Waals surface area contributed by atoms with E-state index < -0.39 is 0 Å². The lowest BCUT2D eigenvalue weighted by molar-refractivity contribution is -0.139. The molecule has 27 heavy (non-hydrogen) atoms. The zero-order valence-corrected chi connectivity index (χ0v) is 16.0. The fraction of sp³-hybridized carbons (Fsp3) is 0.667. The van der Waals surface area contributed by atoms with Crippen LogP contribution in [-0.4, -0.2) is 56.0 Å². The Bertz CT molecular complexity index is 816. The minimum Gasteiger partial charge on any atom is -0.338 e. The van der Waals surface area contributed by atoms with Crippen molar-refractivity contribution in [3.05, 3.63) is 30.2 Å². The second-order valence-electron chi connectivity index (χ2n) is 8.46. The maximum Gasteiger partial charge on any atom is 0.237 e. The molecular formula is C21H29N5O. The highest BCUT2D eigenvalue weighted by atomic mass is 16.2. The summed E-state index contributed by atoms with van der Waals surface area (Å²) in [6.45, 7) is 2.45. The molecule has 144 valence electrons. The van der Waals surface area contributed by atoms with E-state index in [2.05, 4.69) is 24.4 Å². The standard InChI is InChI=1S/C21H29N5O/c27-20(25-14-5-8-16-7-1-2-9-17(16)25)15-24-12-6-10-18(24)21-23-22-19-11-3-4-13-26(19)21/h3-4,11,13,16-18H,1-2,5-10,12,14-15H2/t16-,17+,18+/m0/s1. The average Bonchev–Trinajstić information content (AvgIpc) is 3.34. The fourth-order valence-corrected chi connectivity index (χ4v) is 5.59. The summed E-state index contributed by atoms with van der Waals surface area (Å²) in [6.07, 6.45) is 11.8. The molecule has 3 fully saturated rings. The van der Waals surface area contributed by atoms with Gasteiger partial charge in [-0.1, -0.05) is 18.9 Å². The number of amides is 1. The minimum atomic E-state index is 0.193. The number of likely N-dealkylation sites (tertiary alicyclic amines) is 2. The Morgan fingerprint density at radius 3 is 2.81 bits per heavy atom. The van der Waals surface area contributed by atoms with Crippen molar-refractivity contribution in [2.45, 2.75) is 63.5 Å². The van der Waals surface area contributed by atoms with Crippen LogP contribution in [0.15, 0.2) is 24.4 Å². The van der Waals surface area contributed by atoms with Gasteiger partial charge in [-0.25, -0.2) is 0 Å². The first-order valence-electron chi connectivity index (χ1n) is 10.6. The Balaban J connectivity index is 1.33. The molecule has 2 aromatic rings. The third-order valence-corrected chi connectivity index (χ3v) is 6.90. The highest BCUT2D eigenvalue weighted by Crippen LogP contribution is 2.36. The summed E-state index contributed by atoms with van der Waals surface area (Å²) in [5.41, 5.74) is 0.881. The van der Waals surface area contributed by atoms with Crippen LogP contribution in [0.25, 0.3) is 5.65 Å². The van der Waals surface area contributed by atoms with Gasteiger partial charge >= 0.3 is 0 Å². The normalized spacial score (nSPS) is 29.2. The molecule has 4 heterocycles. The van der Waals surface area contributed by atoms with Crippen LogP contribution in [0.1, 0.15) is 63.2 Å². The molecule has 2 aromatic heterocycles. The van der Waals surface area contributed by atoms with Crippen molar-refractivity contribution in [3.63, 3.8) is 0 Å². The summed E-state index contributed by atoms with van der Waals surface area (Å²) in [4.78, 5) is 17.8. The van der Waals surface area contributed by atoms with E-state index in [1.54, 1.807) is 0 Å². The highest BCUT2D eigenvalue weighted by Gasteiger charge is 2.38. The molecule has 2 saturated heterocycles. The Morgan fingerprint density at radius 1 is 1.00 bits per heavy atom. The molecule has 6 heteroatoms. The summed E-state index contributed by atoms with van der Waals surface area (Å²) in [7, 11) is 0. The molecule has 3 atom stereocenters. The molecule has 0 radical (unpaired) electrons. The van der Waals surface area contributed by atoms with Gasteiger partial charge in [0.05, 0.1) is 12.6 Å². The third-order valence-electron chi connectivity index (χ3n) is 6.90. The summed E-state index contributed by atoms with van der Waals surface area (Å²) in [5.74, 6) is 2.05. The van der Waals surface area contributed by atoms with Gasteiger partial charge in [-0.05, 0) is 63.1 Å². The number of piperidine rings is 1. The number of carbonyl (C=O) groups is 1. The summed E-state index contributed by atoms with van der Waals surface area (Å²) < 4.78 is 2.07. The second-order valence-corrected chi connectivity index (χ2v) is 8.46. The third kappa shape index (κ3) is 3.14. The van der Waals surface area contributed by atoms with E-state index in [-0.39, 0.29) is 6.04 Å². The Hall–Kier alpha value is -1.95. The van der Waals surface area contributed by atoms with E-state index in [9.17, 15) is 4.79 Å². The van der Waals surface area contributed by atoms with Crippen LogP contribution in [0, 0.1) is 5.92 Å². The van der Waals surface area contributed by atoms with Gasteiger partial charge < -0.3 is 4.90 Å². The molecule has 1 amide bonds. The van der Waals surface area contributed by atoms with Gasteiger partial charge in [0.15, 0.2) is 11.5 Å². The predicted octanol–water partition coefficient (Wildman–Crippen LogP) is 3.05. The molecule has 5 rings (SSSR count). The maximum absolute atomic E-state index is 13.2. The van der Waals surface area contributed by atoms with E-state index in [4.69, 9.17) is 0 Å². The number of hydrogen-bond donors (Lipinski definition) is 0. The molecule has 3 aliphatic rings. The summed E-state index contributed by atoms with van der Waals surface area (Å²) >= 11 is 0. The first-order valence-corrected chi connectivity index (χ1v) is 10.6. The molecular weight excluding hydrogens is 338 g/mol. The zero-order chi connectivity index (χ0) is 18.2. The lowest BCUT2D eigenvalue weighted by Gasteiger charge is -2.44. The number of fused-ring (bicyclic) bond motifs is 2. The van der Waals surface area contributed by atoms with Crippen molar-refractivity contribution in [3.8, 4) is 0 Å². The lowest BCUT2D eigenvalue weighted by Crippen LogP contribution is -2.52. The molecule has 0 bridgehead atoms. The lowest BCUT2D eigenvalue weighted by atomic mass is 9.78. The van der Waals surface area contributed by atoms with Gasteiger partial charge in [-0.3, -0.25) is 14.1 Å². The second kappa shape index (κ2) is 7.23. The van der Waals surface area contributed by atoms with Gasteiger partial charge in [-0.2, -0.15) is 0 Å². The van der Waals surface area contributed by atoms with E-state index in [0.717, 1.165) is 43.3 Å². The van der Waals surface area contributed by atoms with Crippen LogP contribution >= 0.6 is 0 Å². The van der Waals surface area contributed by atoms with E-state index >= 15 is 0 Å². The number of hydrogen-bond acceptors (Lipinski definition) is 4. The smallest absolute Gasteiger partial charge is 0.237 e. The van der Waals surface area contributed by atoms with Crippen LogP contribution in [0.4, 0.5) is 0 Å². The van der Waals surface area contributed by atoms with Gasteiger partial charge in [0, 0.05) is 18.8 Å². The first-order chi connectivity index (χ1) is 13.3. The van der Waals surface area contributed by atoms with Crippen molar-refractivity contribution < 1.29 is 4.79 Å². The van der Waals surface area contributed by atoms with Gasteiger partial charge in [0.1, 0.15) is 0 Å². The van der Waals surface area contributed by atoms with Gasteiger partial charge in [-0.15, -0.1) is 10.2 Å². The first kappa shape index (κ1) is 17.2. The van der Waals surface area contributed by atoms with Gasteiger partial charge in [0.25, 0.3) is 0 Å². The van der Waals surface area contributed by atoms with E-state index in [1.807, 2.05) is 24.4 Å². The zero-order valence-electron chi connectivity index (χ0n) is 16.0. The summed E-state index contributed by atoms with van der Waals surface area (Å²) in [5, 5.41) is 8.77. The van der Waals surface area contributed by atoms with Crippen molar-refractivity contribution in [1.82, 2.24) is 24.4 Å². The number of pyridine rings is 1. The highest BCUT2D eigenvalue weighted by molar-refractivity contribution is 5.79. The fourth-order valence-electron chi connectivity index (χ4n) is 5.59. The molecule has 0 N–H and O–H groups in total. The Morgan fingerprint density at radius 2 is 1.85 bits per heavy atom. The number of rotatable bonds is 3. The predicted molar refractivity (Wildman–Crippen MR) is 103 cm³/mol. The quantitative estimate of drug-likeness (QED) is 0.837. The molecule has 0 aromatic carbocycles. The largest absolute Gasteiger partial charge is 0.338 e. The van der Waals surface area contributed by atoms with Crippen LogP contribution in [0.3, 0.4) is 0 Å². The molecule has 0 unspecified atom stereocenters. The Labute approximate surface area is 160 Å². The molecule has 1 saturated carbocycles. The SMILES string of the molecule is O=C(CN1CCC[C@@H]1c1nnc2ccccn12)N1CCC[C@@H]2CCCC[C@H]21. The molecule has 1 aliphatic carbocycles. The monoisotopic (exact) mass is 367 g/mol. The van der Waals surface area contributed by atoms with Crippen molar-refractivity contribution in [1.29, 1.82) is 0 Å². The summed E-state index contributed by atoms with van der Waals surface area (Å²) in [6, 6.07) is 6.67. The molecule has 2 aliphatic heterocycles. The molecule has 0 spiro atoms.